The highest BCUT2D eigenvalue weighted by Gasteiger charge is 2.20. The molecular formula is C16H23NO2. The average molecular weight is 261 g/mol. The number of benzene rings is 1. The van der Waals surface area contributed by atoms with Crippen molar-refractivity contribution in [3.8, 4) is 5.75 Å². The molecule has 0 bridgehead atoms. The second-order valence-corrected chi connectivity index (χ2v) is 5.57. The van der Waals surface area contributed by atoms with E-state index in [0.29, 0.717) is 19.3 Å². The van der Waals surface area contributed by atoms with Gasteiger partial charge in [-0.1, -0.05) is 12.1 Å². The van der Waals surface area contributed by atoms with E-state index in [9.17, 15) is 0 Å². The Morgan fingerprint density at radius 3 is 2.74 bits per heavy atom. The smallest absolute Gasteiger partial charge is 0.119 e. The molecule has 0 aliphatic heterocycles. The molecule has 0 spiro atoms. The maximum Gasteiger partial charge on any atom is 0.119 e. The molecule has 0 saturated heterocycles. The molecule has 0 heterocycles. The summed E-state index contributed by atoms with van der Waals surface area (Å²) < 4.78 is 11.4. The lowest BCUT2D eigenvalue weighted by Gasteiger charge is -2.25. The van der Waals surface area contributed by atoms with Gasteiger partial charge in [-0.25, -0.2) is 0 Å². The molecule has 104 valence electrons. The zero-order valence-corrected chi connectivity index (χ0v) is 11.4. The molecule has 0 unspecified atom stereocenters. The molecule has 0 aromatic heterocycles. The molecule has 3 heteroatoms. The van der Waals surface area contributed by atoms with Gasteiger partial charge in [0.05, 0.1) is 12.7 Å². The Morgan fingerprint density at radius 2 is 2.00 bits per heavy atom. The Kier molecular flexibility index (Phi) is 4.36. The molecule has 2 aliphatic rings. The van der Waals surface area contributed by atoms with Gasteiger partial charge in [-0.2, -0.15) is 0 Å². The monoisotopic (exact) mass is 261 g/mol. The third-order valence-corrected chi connectivity index (χ3v) is 3.83. The zero-order valence-electron chi connectivity index (χ0n) is 11.4. The van der Waals surface area contributed by atoms with E-state index in [1.54, 1.807) is 0 Å². The van der Waals surface area contributed by atoms with Gasteiger partial charge >= 0.3 is 0 Å². The van der Waals surface area contributed by atoms with Crippen molar-refractivity contribution in [3.05, 3.63) is 29.8 Å². The molecule has 1 aromatic rings. The molecule has 2 fully saturated rings. The zero-order chi connectivity index (χ0) is 12.9. The van der Waals surface area contributed by atoms with Gasteiger partial charge in [-0.05, 0) is 49.8 Å². The summed E-state index contributed by atoms with van der Waals surface area (Å²) in [6.45, 7) is 2.30. The van der Waals surface area contributed by atoms with Crippen molar-refractivity contribution < 1.29 is 9.47 Å². The molecule has 2 aliphatic carbocycles. The van der Waals surface area contributed by atoms with Crippen LogP contribution in [0, 0.1) is 0 Å². The Labute approximate surface area is 115 Å². The van der Waals surface area contributed by atoms with Crippen LogP contribution < -0.4 is 10.1 Å². The van der Waals surface area contributed by atoms with Crippen LogP contribution in [0.3, 0.4) is 0 Å². The quantitative estimate of drug-likeness (QED) is 0.730. The van der Waals surface area contributed by atoms with E-state index in [0.717, 1.165) is 18.3 Å². The van der Waals surface area contributed by atoms with E-state index in [-0.39, 0.29) is 0 Å². The molecular weight excluding hydrogens is 238 g/mol. The van der Waals surface area contributed by atoms with Crippen LogP contribution in [0.25, 0.3) is 0 Å². The van der Waals surface area contributed by atoms with Crippen LogP contribution in [0.2, 0.25) is 0 Å². The Balaban J connectivity index is 1.37. The molecule has 19 heavy (non-hydrogen) atoms. The second-order valence-electron chi connectivity index (χ2n) is 5.57. The molecule has 2 saturated carbocycles. The van der Waals surface area contributed by atoms with E-state index in [1.807, 2.05) is 6.07 Å². The predicted octanol–water partition coefficient (Wildman–Crippen LogP) is 2.89. The van der Waals surface area contributed by atoms with Crippen molar-refractivity contribution in [3.63, 3.8) is 0 Å². The molecule has 1 aromatic carbocycles. The van der Waals surface area contributed by atoms with Gasteiger partial charge < -0.3 is 14.8 Å². The SMILES string of the molecule is c1cc(CNC2CC2)cc(OCCOC2CCC2)c1. The normalized spacial score (nSPS) is 19.2. The largest absolute Gasteiger partial charge is 0.491 e. The molecule has 3 rings (SSSR count). The maximum atomic E-state index is 5.74. The fraction of sp³-hybridized carbons (Fsp3) is 0.625. The van der Waals surface area contributed by atoms with E-state index in [4.69, 9.17) is 9.47 Å². The average Bonchev–Trinajstić information content (AvgIpc) is 3.18. The van der Waals surface area contributed by atoms with Crippen molar-refractivity contribution >= 4 is 0 Å². The fourth-order valence-electron chi connectivity index (χ4n) is 2.21. The third kappa shape index (κ3) is 4.22. The van der Waals surface area contributed by atoms with Crippen LogP contribution in [0.15, 0.2) is 24.3 Å². The number of hydrogen-bond donors (Lipinski definition) is 1. The summed E-state index contributed by atoms with van der Waals surface area (Å²) in [7, 11) is 0. The van der Waals surface area contributed by atoms with Gasteiger partial charge in [0.2, 0.25) is 0 Å². The number of rotatable bonds is 8. The van der Waals surface area contributed by atoms with E-state index >= 15 is 0 Å². The van der Waals surface area contributed by atoms with E-state index < -0.39 is 0 Å². The van der Waals surface area contributed by atoms with Gasteiger partial charge in [0.25, 0.3) is 0 Å². The predicted molar refractivity (Wildman–Crippen MR) is 75.4 cm³/mol. The minimum absolute atomic E-state index is 0.498. The summed E-state index contributed by atoms with van der Waals surface area (Å²) in [6, 6.07) is 9.10. The van der Waals surface area contributed by atoms with Gasteiger partial charge in [-0.15, -0.1) is 0 Å². The van der Waals surface area contributed by atoms with Crippen molar-refractivity contribution in [2.75, 3.05) is 13.2 Å². The molecule has 0 amide bonds. The number of nitrogens with one attached hydrogen (secondary N) is 1. The number of ether oxygens (including phenoxy) is 2. The van der Waals surface area contributed by atoms with Gasteiger partial charge in [-0.3, -0.25) is 0 Å². The minimum Gasteiger partial charge on any atom is -0.491 e. The molecule has 0 radical (unpaired) electrons. The molecule has 1 N–H and O–H groups in total. The van der Waals surface area contributed by atoms with Crippen molar-refractivity contribution in [2.24, 2.45) is 0 Å². The van der Waals surface area contributed by atoms with Gasteiger partial charge in [0, 0.05) is 12.6 Å². The first-order valence-electron chi connectivity index (χ1n) is 7.47. The van der Waals surface area contributed by atoms with Gasteiger partial charge in [0.1, 0.15) is 12.4 Å². The van der Waals surface area contributed by atoms with Crippen LogP contribution in [0.1, 0.15) is 37.7 Å². The van der Waals surface area contributed by atoms with Crippen molar-refractivity contribution in [2.45, 2.75) is 50.8 Å². The Morgan fingerprint density at radius 1 is 1.11 bits per heavy atom. The van der Waals surface area contributed by atoms with Crippen molar-refractivity contribution in [1.29, 1.82) is 0 Å². The molecule has 0 atom stereocenters. The van der Waals surface area contributed by atoms with Crippen LogP contribution in [-0.2, 0) is 11.3 Å². The first kappa shape index (κ1) is 12.9. The van der Waals surface area contributed by atoms with E-state index in [1.165, 1.54) is 37.7 Å². The topological polar surface area (TPSA) is 30.5 Å². The van der Waals surface area contributed by atoms with Gasteiger partial charge in [0.15, 0.2) is 0 Å². The summed E-state index contributed by atoms with van der Waals surface area (Å²) in [5.41, 5.74) is 1.30. The van der Waals surface area contributed by atoms with Crippen LogP contribution in [0.5, 0.6) is 5.75 Å². The molecule has 3 nitrogen and oxygen atoms in total. The Bertz CT molecular complexity index is 399. The minimum atomic E-state index is 0.498. The summed E-state index contributed by atoms with van der Waals surface area (Å²) in [5.74, 6) is 0.951. The summed E-state index contributed by atoms with van der Waals surface area (Å²) in [4.78, 5) is 0. The summed E-state index contributed by atoms with van der Waals surface area (Å²) in [6.07, 6.45) is 6.92. The standard InChI is InChI=1S/C16H23NO2/c1-3-13(12-17-14-7-8-14)11-16(6-1)19-10-9-18-15-4-2-5-15/h1,3,6,11,14-15,17H,2,4-5,7-10,12H2. The highest BCUT2D eigenvalue weighted by Crippen LogP contribution is 2.22. The lowest BCUT2D eigenvalue weighted by molar-refractivity contribution is -0.0103. The second kappa shape index (κ2) is 6.40. The Hall–Kier alpha value is -1.06. The lowest BCUT2D eigenvalue weighted by Crippen LogP contribution is -2.23. The highest BCUT2D eigenvalue weighted by atomic mass is 16.5. The fourth-order valence-corrected chi connectivity index (χ4v) is 2.21. The van der Waals surface area contributed by atoms with E-state index in [2.05, 4.69) is 23.5 Å². The lowest BCUT2D eigenvalue weighted by atomic mass is 9.96. The third-order valence-electron chi connectivity index (χ3n) is 3.83. The van der Waals surface area contributed by atoms with Crippen LogP contribution in [0.4, 0.5) is 0 Å². The number of hydrogen-bond acceptors (Lipinski definition) is 3. The first-order chi connectivity index (χ1) is 9.40. The summed E-state index contributed by atoms with van der Waals surface area (Å²) in [5, 5.41) is 3.52. The summed E-state index contributed by atoms with van der Waals surface area (Å²) >= 11 is 0. The van der Waals surface area contributed by atoms with Crippen LogP contribution >= 0.6 is 0 Å². The highest BCUT2D eigenvalue weighted by molar-refractivity contribution is 5.28. The van der Waals surface area contributed by atoms with Crippen molar-refractivity contribution in [1.82, 2.24) is 5.32 Å². The first-order valence-corrected chi connectivity index (χ1v) is 7.47. The maximum absolute atomic E-state index is 5.74. The van der Waals surface area contributed by atoms with Crippen LogP contribution in [-0.4, -0.2) is 25.4 Å².